The van der Waals surface area contributed by atoms with Crippen molar-refractivity contribution in [2.75, 3.05) is 19.5 Å². The minimum atomic E-state index is -0.276. The molecule has 0 amide bonds. The van der Waals surface area contributed by atoms with Crippen molar-refractivity contribution < 1.29 is 13.9 Å². The Balaban J connectivity index is 2.22. The Morgan fingerprint density at radius 3 is 2.62 bits per heavy atom. The van der Waals surface area contributed by atoms with Crippen LogP contribution in [-0.4, -0.2) is 14.2 Å². The zero-order chi connectivity index (χ0) is 15.2. The van der Waals surface area contributed by atoms with Crippen LogP contribution in [0.2, 0.25) is 0 Å². The summed E-state index contributed by atoms with van der Waals surface area (Å²) in [6, 6.07) is 12.5. The third-order valence-corrected chi connectivity index (χ3v) is 3.29. The Morgan fingerprint density at radius 1 is 1.14 bits per heavy atom. The minimum absolute atomic E-state index is 0.209. The van der Waals surface area contributed by atoms with E-state index in [1.54, 1.807) is 26.4 Å². The van der Waals surface area contributed by atoms with Crippen LogP contribution in [0.25, 0.3) is 0 Å². The number of hydrogen-bond acceptors (Lipinski definition) is 3. The molecule has 0 aliphatic carbocycles. The van der Waals surface area contributed by atoms with E-state index in [0.717, 1.165) is 11.3 Å². The molecular weight excluding hydrogens is 269 g/mol. The molecular formula is C17H20FNO2. The molecule has 0 saturated carbocycles. The summed E-state index contributed by atoms with van der Waals surface area (Å²) in [7, 11) is 3.21. The molecule has 0 aliphatic rings. The number of nitrogens with one attached hydrogen (secondary N) is 1. The van der Waals surface area contributed by atoms with Crippen molar-refractivity contribution in [1.29, 1.82) is 0 Å². The molecule has 2 aromatic rings. The quantitative estimate of drug-likeness (QED) is 0.866. The maximum Gasteiger partial charge on any atom is 0.132 e. The highest BCUT2D eigenvalue weighted by Gasteiger charge is 2.16. The third-order valence-electron chi connectivity index (χ3n) is 3.29. The molecule has 0 radical (unpaired) electrons. The minimum Gasteiger partial charge on any atom is -0.496 e. The lowest BCUT2D eigenvalue weighted by Gasteiger charge is -2.19. The average molecular weight is 289 g/mol. The lowest BCUT2D eigenvalue weighted by Crippen LogP contribution is -2.10. The Labute approximate surface area is 124 Å². The lowest BCUT2D eigenvalue weighted by atomic mass is 10.1. The number of rotatable bonds is 6. The molecule has 0 spiro atoms. The maximum atomic E-state index is 14.1. The number of benzene rings is 2. The molecule has 0 aliphatic heterocycles. The van der Waals surface area contributed by atoms with Crippen molar-refractivity contribution in [2.45, 2.75) is 19.6 Å². The molecule has 1 atom stereocenters. The smallest absolute Gasteiger partial charge is 0.132 e. The van der Waals surface area contributed by atoms with Gasteiger partial charge in [-0.15, -0.1) is 0 Å². The standard InChI is InChI=1S/C17H20FNO2/c1-12(17-15(18)8-5-9-16(17)21-3)19-14-7-4-6-13(10-14)11-20-2/h4-10,12,19H,11H2,1-3H3. The van der Waals surface area contributed by atoms with E-state index in [-0.39, 0.29) is 11.9 Å². The van der Waals surface area contributed by atoms with Gasteiger partial charge in [0.1, 0.15) is 11.6 Å². The first-order valence-corrected chi connectivity index (χ1v) is 6.82. The second-order valence-corrected chi connectivity index (χ2v) is 4.86. The second kappa shape index (κ2) is 7.09. The number of anilines is 1. The van der Waals surface area contributed by atoms with E-state index in [4.69, 9.17) is 9.47 Å². The lowest BCUT2D eigenvalue weighted by molar-refractivity contribution is 0.185. The first-order valence-electron chi connectivity index (χ1n) is 6.82. The summed E-state index contributed by atoms with van der Waals surface area (Å²) in [5.74, 6) is 0.269. The number of hydrogen-bond donors (Lipinski definition) is 1. The summed E-state index contributed by atoms with van der Waals surface area (Å²) in [6.07, 6.45) is 0. The fourth-order valence-electron chi connectivity index (χ4n) is 2.36. The summed E-state index contributed by atoms with van der Waals surface area (Å²) >= 11 is 0. The number of ether oxygens (including phenoxy) is 2. The van der Waals surface area contributed by atoms with Crippen molar-refractivity contribution in [1.82, 2.24) is 0 Å². The van der Waals surface area contributed by atoms with E-state index in [9.17, 15) is 4.39 Å². The largest absolute Gasteiger partial charge is 0.496 e. The summed E-state index contributed by atoms with van der Waals surface area (Å²) in [5, 5.41) is 3.30. The molecule has 0 fully saturated rings. The van der Waals surface area contributed by atoms with Crippen LogP contribution >= 0.6 is 0 Å². The van der Waals surface area contributed by atoms with Crippen LogP contribution in [0.3, 0.4) is 0 Å². The summed E-state index contributed by atoms with van der Waals surface area (Å²) in [5.41, 5.74) is 2.51. The van der Waals surface area contributed by atoms with E-state index in [1.165, 1.54) is 6.07 Å². The molecule has 0 heterocycles. The van der Waals surface area contributed by atoms with Gasteiger partial charge in [0.2, 0.25) is 0 Å². The van der Waals surface area contributed by atoms with Gasteiger partial charge in [0.15, 0.2) is 0 Å². The van der Waals surface area contributed by atoms with E-state index in [2.05, 4.69) is 5.32 Å². The SMILES string of the molecule is COCc1cccc(NC(C)c2c(F)cccc2OC)c1. The first kappa shape index (κ1) is 15.3. The normalized spacial score (nSPS) is 12.0. The van der Waals surface area contributed by atoms with Crippen molar-refractivity contribution in [3.63, 3.8) is 0 Å². The van der Waals surface area contributed by atoms with Gasteiger partial charge in [-0.1, -0.05) is 18.2 Å². The van der Waals surface area contributed by atoms with Crippen LogP contribution in [0.15, 0.2) is 42.5 Å². The maximum absolute atomic E-state index is 14.1. The van der Waals surface area contributed by atoms with Crippen LogP contribution in [0, 0.1) is 5.82 Å². The number of methoxy groups -OCH3 is 2. The van der Waals surface area contributed by atoms with E-state index in [1.807, 2.05) is 31.2 Å². The van der Waals surface area contributed by atoms with Crippen LogP contribution in [0.1, 0.15) is 24.1 Å². The van der Waals surface area contributed by atoms with Gasteiger partial charge in [0.05, 0.1) is 25.3 Å². The molecule has 2 aromatic carbocycles. The predicted octanol–water partition coefficient (Wildman–Crippen LogP) is 4.15. The molecule has 1 unspecified atom stereocenters. The Hall–Kier alpha value is -2.07. The van der Waals surface area contributed by atoms with Crippen LogP contribution < -0.4 is 10.1 Å². The van der Waals surface area contributed by atoms with Gasteiger partial charge in [-0.05, 0) is 36.8 Å². The summed E-state index contributed by atoms with van der Waals surface area (Å²) in [4.78, 5) is 0. The van der Waals surface area contributed by atoms with E-state index < -0.39 is 0 Å². The monoisotopic (exact) mass is 289 g/mol. The van der Waals surface area contributed by atoms with Gasteiger partial charge in [0.25, 0.3) is 0 Å². The molecule has 0 saturated heterocycles. The highest BCUT2D eigenvalue weighted by Crippen LogP contribution is 2.30. The van der Waals surface area contributed by atoms with Crippen molar-refractivity contribution in [3.05, 3.63) is 59.4 Å². The number of halogens is 1. The Kier molecular flexibility index (Phi) is 5.17. The molecule has 21 heavy (non-hydrogen) atoms. The molecule has 0 aromatic heterocycles. The molecule has 112 valence electrons. The molecule has 0 bridgehead atoms. The van der Waals surface area contributed by atoms with Gasteiger partial charge in [-0.25, -0.2) is 4.39 Å². The van der Waals surface area contributed by atoms with E-state index >= 15 is 0 Å². The summed E-state index contributed by atoms with van der Waals surface area (Å²) in [6.45, 7) is 2.46. The Bertz CT molecular complexity index is 601. The first-order chi connectivity index (χ1) is 10.2. The topological polar surface area (TPSA) is 30.5 Å². The summed E-state index contributed by atoms with van der Waals surface area (Å²) < 4.78 is 24.4. The van der Waals surface area contributed by atoms with Gasteiger partial charge in [0, 0.05) is 12.8 Å². The Morgan fingerprint density at radius 2 is 1.90 bits per heavy atom. The molecule has 3 nitrogen and oxygen atoms in total. The van der Waals surface area contributed by atoms with Crippen molar-refractivity contribution >= 4 is 5.69 Å². The van der Waals surface area contributed by atoms with Gasteiger partial charge >= 0.3 is 0 Å². The fraction of sp³-hybridized carbons (Fsp3) is 0.294. The molecule has 4 heteroatoms. The third kappa shape index (κ3) is 3.73. The van der Waals surface area contributed by atoms with Gasteiger partial charge < -0.3 is 14.8 Å². The van der Waals surface area contributed by atoms with Crippen LogP contribution in [0.5, 0.6) is 5.75 Å². The van der Waals surface area contributed by atoms with Crippen molar-refractivity contribution in [2.24, 2.45) is 0 Å². The average Bonchev–Trinajstić information content (AvgIpc) is 2.47. The van der Waals surface area contributed by atoms with Crippen LogP contribution in [0.4, 0.5) is 10.1 Å². The second-order valence-electron chi connectivity index (χ2n) is 4.86. The zero-order valence-corrected chi connectivity index (χ0v) is 12.5. The van der Waals surface area contributed by atoms with Crippen molar-refractivity contribution in [3.8, 4) is 5.75 Å². The fourth-order valence-corrected chi connectivity index (χ4v) is 2.36. The molecule has 2 rings (SSSR count). The van der Waals surface area contributed by atoms with Gasteiger partial charge in [-0.2, -0.15) is 0 Å². The highest BCUT2D eigenvalue weighted by atomic mass is 19.1. The zero-order valence-electron chi connectivity index (χ0n) is 12.5. The van der Waals surface area contributed by atoms with Crippen LogP contribution in [-0.2, 0) is 11.3 Å². The predicted molar refractivity (Wildman–Crippen MR) is 82.1 cm³/mol. The van der Waals surface area contributed by atoms with Gasteiger partial charge in [-0.3, -0.25) is 0 Å². The van der Waals surface area contributed by atoms with E-state index in [0.29, 0.717) is 17.9 Å². The molecule has 1 N–H and O–H groups in total. The highest BCUT2D eigenvalue weighted by molar-refractivity contribution is 5.49.